The fourth-order valence-electron chi connectivity index (χ4n) is 2.05. The van der Waals surface area contributed by atoms with E-state index in [4.69, 9.17) is 9.47 Å². The van der Waals surface area contributed by atoms with Crippen LogP contribution in [0.25, 0.3) is 0 Å². The quantitative estimate of drug-likeness (QED) is 0.711. The summed E-state index contributed by atoms with van der Waals surface area (Å²) in [7, 11) is 0. The second kappa shape index (κ2) is 8.03. The Morgan fingerprint density at radius 2 is 2.06 bits per heavy atom. The highest BCUT2D eigenvalue weighted by Gasteiger charge is 2.32. The van der Waals surface area contributed by atoms with Gasteiger partial charge in [-0.15, -0.1) is 0 Å². The summed E-state index contributed by atoms with van der Waals surface area (Å²) in [5, 5.41) is 19.2. The second-order valence-electron chi connectivity index (χ2n) is 4.88. The van der Waals surface area contributed by atoms with Gasteiger partial charge in [0.15, 0.2) is 0 Å². The van der Waals surface area contributed by atoms with Crippen molar-refractivity contribution in [2.45, 2.75) is 57.8 Å². The van der Waals surface area contributed by atoms with Crippen LogP contribution in [-0.2, 0) is 9.47 Å². The molecule has 1 heterocycles. The van der Waals surface area contributed by atoms with Gasteiger partial charge in [0.05, 0.1) is 19.8 Å². The van der Waals surface area contributed by atoms with Crippen molar-refractivity contribution >= 4 is 0 Å². The monoisotopic (exact) mass is 246 g/mol. The molecule has 1 fully saturated rings. The first-order valence-electron chi connectivity index (χ1n) is 6.74. The molecule has 1 saturated heterocycles. The molecule has 0 aromatic rings. The molecular weight excluding hydrogens is 220 g/mol. The fourth-order valence-corrected chi connectivity index (χ4v) is 2.05. The lowest BCUT2D eigenvalue weighted by molar-refractivity contribution is -0.173. The van der Waals surface area contributed by atoms with Gasteiger partial charge in [-0.1, -0.05) is 33.1 Å². The van der Waals surface area contributed by atoms with E-state index >= 15 is 0 Å². The molecule has 0 spiro atoms. The molecule has 102 valence electrons. The maximum atomic E-state index is 9.74. The Bertz CT molecular complexity index is 198. The highest BCUT2D eigenvalue weighted by atomic mass is 16.6. The van der Waals surface area contributed by atoms with Crippen LogP contribution in [0.2, 0.25) is 0 Å². The summed E-state index contributed by atoms with van der Waals surface area (Å²) in [5.41, 5.74) is 0. The van der Waals surface area contributed by atoms with Gasteiger partial charge in [0.2, 0.25) is 0 Å². The Labute approximate surface area is 104 Å². The van der Waals surface area contributed by atoms with Crippen LogP contribution >= 0.6 is 0 Å². The first-order chi connectivity index (χ1) is 8.19. The largest absolute Gasteiger partial charge is 0.388 e. The van der Waals surface area contributed by atoms with Gasteiger partial charge in [0, 0.05) is 0 Å². The molecule has 0 bridgehead atoms. The molecule has 1 aliphatic heterocycles. The fraction of sp³-hybridized carbons (Fsp3) is 1.00. The van der Waals surface area contributed by atoms with Crippen molar-refractivity contribution in [3.05, 3.63) is 0 Å². The van der Waals surface area contributed by atoms with Crippen molar-refractivity contribution in [2.75, 3.05) is 19.8 Å². The van der Waals surface area contributed by atoms with E-state index < -0.39 is 12.2 Å². The minimum absolute atomic E-state index is 0.202. The number of unbranched alkanes of at least 4 members (excludes halogenated alkanes) is 1. The van der Waals surface area contributed by atoms with Crippen molar-refractivity contribution < 1.29 is 19.7 Å². The van der Waals surface area contributed by atoms with Gasteiger partial charge >= 0.3 is 0 Å². The summed E-state index contributed by atoms with van der Waals surface area (Å²) in [6, 6.07) is 0. The zero-order valence-corrected chi connectivity index (χ0v) is 11.0. The van der Waals surface area contributed by atoms with E-state index in [1.54, 1.807) is 0 Å². The average Bonchev–Trinajstić information content (AvgIpc) is 2.34. The zero-order valence-electron chi connectivity index (χ0n) is 11.0. The molecule has 17 heavy (non-hydrogen) atoms. The molecule has 4 atom stereocenters. The van der Waals surface area contributed by atoms with Gasteiger partial charge in [-0.25, -0.2) is 0 Å². The number of hydrogen-bond acceptors (Lipinski definition) is 4. The van der Waals surface area contributed by atoms with Crippen LogP contribution in [0.4, 0.5) is 0 Å². The molecule has 0 aliphatic carbocycles. The lowest BCUT2D eigenvalue weighted by Crippen LogP contribution is -2.49. The third kappa shape index (κ3) is 4.92. The van der Waals surface area contributed by atoms with Gasteiger partial charge in [-0.3, -0.25) is 0 Å². The van der Waals surface area contributed by atoms with Crippen LogP contribution in [0.15, 0.2) is 0 Å². The van der Waals surface area contributed by atoms with E-state index in [9.17, 15) is 10.2 Å². The van der Waals surface area contributed by atoms with Crippen LogP contribution in [0.5, 0.6) is 0 Å². The molecular formula is C13H26O4. The summed E-state index contributed by atoms with van der Waals surface area (Å²) in [4.78, 5) is 0. The molecule has 1 unspecified atom stereocenters. The standard InChI is InChI=1S/C13H26O4/c1-3-5-6-10(4-2)7-17-12-9-16-8-11(14)13(12)15/h10-15H,3-9H2,1-2H3/t10?,11-,12+,13+/m0/s1. The highest BCUT2D eigenvalue weighted by Crippen LogP contribution is 2.17. The lowest BCUT2D eigenvalue weighted by atomic mass is 10.00. The van der Waals surface area contributed by atoms with Crippen LogP contribution in [0.1, 0.15) is 39.5 Å². The average molecular weight is 246 g/mol. The third-order valence-electron chi connectivity index (χ3n) is 3.44. The van der Waals surface area contributed by atoms with E-state index in [0.717, 1.165) is 6.42 Å². The number of rotatable bonds is 7. The number of ether oxygens (including phenoxy) is 2. The molecule has 4 nitrogen and oxygen atoms in total. The van der Waals surface area contributed by atoms with Crippen molar-refractivity contribution in [1.29, 1.82) is 0 Å². The minimum atomic E-state index is -0.815. The normalized spacial score (nSPS) is 31.4. The van der Waals surface area contributed by atoms with Gasteiger partial charge < -0.3 is 19.7 Å². The Morgan fingerprint density at radius 1 is 1.29 bits per heavy atom. The number of aliphatic hydroxyl groups is 2. The van der Waals surface area contributed by atoms with Crippen molar-refractivity contribution in [3.8, 4) is 0 Å². The molecule has 0 saturated carbocycles. The maximum Gasteiger partial charge on any atom is 0.110 e. The molecule has 1 aliphatic rings. The Hall–Kier alpha value is -0.160. The van der Waals surface area contributed by atoms with Gasteiger partial charge in [-0.05, 0) is 12.3 Å². The van der Waals surface area contributed by atoms with Gasteiger partial charge in [-0.2, -0.15) is 0 Å². The summed E-state index contributed by atoms with van der Waals surface area (Å²) in [6.07, 6.45) is 2.66. The lowest BCUT2D eigenvalue weighted by Gasteiger charge is -2.32. The van der Waals surface area contributed by atoms with Crippen LogP contribution in [0, 0.1) is 5.92 Å². The molecule has 0 aromatic carbocycles. The van der Waals surface area contributed by atoms with E-state index in [0.29, 0.717) is 19.1 Å². The Balaban J connectivity index is 2.27. The van der Waals surface area contributed by atoms with Crippen molar-refractivity contribution in [3.63, 3.8) is 0 Å². The second-order valence-corrected chi connectivity index (χ2v) is 4.88. The van der Waals surface area contributed by atoms with E-state index in [1.807, 2.05) is 0 Å². The van der Waals surface area contributed by atoms with E-state index in [-0.39, 0.29) is 12.7 Å². The molecule has 1 rings (SSSR count). The first kappa shape index (κ1) is 14.9. The van der Waals surface area contributed by atoms with Crippen molar-refractivity contribution in [2.24, 2.45) is 5.92 Å². The minimum Gasteiger partial charge on any atom is -0.388 e. The SMILES string of the molecule is CCCCC(CC)CO[C@@H]1COC[C@H](O)[C@H]1O. The van der Waals surface area contributed by atoms with Gasteiger partial charge in [0.25, 0.3) is 0 Å². The number of hydrogen-bond donors (Lipinski definition) is 2. The van der Waals surface area contributed by atoms with Crippen LogP contribution in [0.3, 0.4) is 0 Å². The maximum absolute atomic E-state index is 9.74. The van der Waals surface area contributed by atoms with Crippen LogP contribution < -0.4 is 0 Å². The first-order valence-corrected chi connectivity index (χ1v) is 6.74. The van der Waals surface area contributed by atoms with Crippen molar-refractivity contribution in [1.82, 2.24) is 0 Å². The molecule has 2 N–H and O–H groups in total. The predicted molar refractivity (Wildman–Crippen MR) is 65.9 cm³/mol. The predicted octanol–water partition coefficient (Wildman–Crippen LogP) is 1.34. The Morgan fingerprint density at radius 3 is 2.71 bits per heavy atom. The molecule has 4 heteroatoms. The highest BCUT2D eigenvalue weighted by molar-refractivity contribution is 4.80. The molecule has 0 radical (unpaired) electrons. The number of aliphatic hydroxyl groups excluding tert-OH is 2. The third-order valence-corrected chi connectivity index (χ3v) is 3.44. The van der Waals surface area contributed by atoms with E-state index in [1.165, 1.54) is 19.3 Å². The topological polar surface area (TPSA) is 58.9 Å². The summed E-state index contributed by atoms with van der Waals surface area (Å²) < 4.78 is 10.9. The van der Waals surface area contributed by atoms with E-state index in [2.05, 4.69) is 13.8 Å². The summed E-state index contributed by atoms with van der Waals surface area (Å²) in [6.45, 7) is 5.57. The summed E-state index contributed by atoms with van der Waals surface area (Å²) >= 11 is 0. The summed E-state index contributed by atoms with van der Waals surface area (Å²) in [5.74, 6) is 0.543. The molecule has 0 aromatic heterocycles. The van der Waals surface area contributed by atoms with Gasteiger partial charge in [0.1, 0.15) is 18.3 Å². The molecule has 0 amide bonds. The smallest absolute Gasteiger partial charge is 0.110 e. The Kier molecular flexibility index (Phi) is 7.04. The zero-order chi connectivity index (χ0) is 12.7. The van der Waals surface area contributed by atoms with Crippen LogP contribution in [-0.4, -0.2) is 48.3 Å².